The first-order valence-corrected chi connectivity index (χ1v) is 5.52. The molecule has 0 spiro atoms. The number of hydrogen-bond acceptors (Lipinski definition) is 3. The largest absolute Gasteiger partial charge is 0.240 e. The molecular weight excluding hydrogens is 192 g/mol. The fourth-order valence-electron chi connectivity index (χ4n) is 1.57. The molecule has 0 aliphatic heterocycles. The van der Waals surface area contributed by atoms with Crippen LogP contribution in [0.1, 0.15) is 31.3 Å². The predicted molar refractivity (Wildman–Crippen MR) is 60.9 cm³/mol. The van der Waals surface area contributed by atoms with E-state index < -0.39 is 0 Å². The van der Waals surface area contributed by atoms with Gasteiger partial charge in [-0.15, -0.1) is 11.3 Å². The maximum atomic E-state index is 4.39. The van der Waals surface area contributed by atoms with Crippen molar-refractivity contribution in [2.24, 2.45) is 0 Å². The van der Waals surface area contributed by atoms with E-state index in [4.69, 9.17) is 0 Å². The van der Waals surface area contributed by atoms with Gasteiger partial charge in [0.1, 0.15) is 11.2 Å². The highest BCUT2D eigenvalue weighted by atomic mass is 32.1. The van der Waals surface area contributed by atoms with Gasteiger partial charge in [-0.2, -0.15) is 0 Å². The van der Waals surface area contributed by atoms with E-state index in [0.717, 1.165) is 10.5 Å². The molecule has 0 saturated carbocycles. The third kappa shape index (κ3) is 1.52. The number of rotatable bonds is 0. The molecule has 0 aromatic carbocycles. The lowest BCUT2D eigenvalue weighted by Gasteiger charge is -2.17. The van der Waals surface area contributed by atoms with Crippen molar-refractivity contribution in [2.45, 2.75) is 33.1 Å². The van der Waals surface area contributed by atoms with Crippen LogP contribution in [0.2, 0.25) is 0 Å². The van der Waals surface area contributed by atoms with Crippen molar-refractivity contribution in [3.63, 3.8) is 0 Å². The van der Waals surface area contributed by atoms with Crippen molar-refractivity contribution in [3.05, 3.63) is 23.0 Å². The molecule has 0 aliphatic carbocycles. The highest BCUT2D eigenvalue weighted by Gasteiger charge is 2.19. The van der Waals surface area contributed by atoms with E-state index >= 15 is 0 Å². The molecule has 2 aromatic heterocycles. The first-order valence-electron chi connectivity index (χ1n) is 4.70. The van der Waals surface area contributed by atoms with Gasteiger partial charge in [0.2, 0.25) is 0 Å². The van der Waals surface area contributed by atoms with Crippen molar-refractivity contribution in [1.82, 2.24) is 9.97 Å². The minimum absolute atomic E-state index is 0.0920. The van der Waals surface area contributed by atoms with Gasteiger partial charge in [0.15, 0.2) is 0 Å². The second-order valence-corrected chi connectivity index (χ2v) is 5.78. The van der Waals surface area contributed by atoms with Crippen LogP contribution in [0, 0.1) is 6.92 Å². The molecule has 0 amide bonds. The summed E-state index contributed by atoms with van der Waals surface area (Å²) in [7, 11) is 0. The fraction of sp³-hybridized carbons (Fsp3) is 0.455. The summed E-state index contributed by atoms with van der Waals surface area (Å²) in [5, 5.41) is 1.21. The Morgan fingerprint density at radius 1 is 1.21 bits per heavy atom. The Morgan fingerprint density at radius 3 is 2.57 bits per heavy atom. The average Bonchev–Trinajstić information content (AvgIpc) is 2.41. The molecule has 0 N–H and O–H groups in total. The molecule has 0 radical (unpaired) electrons. The fourth-order valence-corrected chi connectivity index (χ4v) is 2.42. The lowest BCUT2D eigenvalue weighted by molar-refractivity contribution is 0.574. The Labute approximate surface area is 88.0 Å². The quantitative estimate of drug-likeness (QED) is 0.661. The Bertz CT molecular complexity index is 466. The maximum absolute atomic E-state index is 4.39. The zero-order chi connectivity index (χ0) is 10.3. The third-order valence-corrected chi connectivity index (χ3v) is 3.12. The summed E-state index contributed by atoms with van der Waals surface area (Å²) in [6.07, 6.45) is 1.67. The van der Waals surface area contributed by atoms with E-state index in [9.17, 15) is 0 Å². The van der Waals surface area contributed by atoms with Crippen molar-refractivity contribution >= 4 is 21.6 Å². The smallest absolute Gasteiger partial charge is 0.127 e. The lowest BCUT2D eigenvalue weighted by Crippen LogP contribution is -2.13. The molecule has 0 aliphatic rings. The summed E-state index contributed by atoms with van der Waals surface area (Å²) in [5.41, 5.74) is 1.24. The monoisotopic (exact) mass is 206 g/mol. The molecule has 2 rings (SSSR count). The lowest BCUT2D eigenvalue weighted by atomic mass is 9.90. The van der Waals surface area contributed by atoms with Crippen molar-refractivity contribution in [3.8, 4) is 0 Å². The molecule has 0 atom stereocenters. The molecule has 0 fully saturated rings. The molecule has 2 heterocycles. The molecule has 14 heavy (non-hydrogen) atoms. The topological polar surface area (TPSA) is 25.8 Å². The summed E-state index contributed by atoms with van der Waals surface area (Å²) in [6, 6.07) is 2.18. The van der Waals surface area contributed by atoms with Gasteiger partial charge in [0.05, 0.1) is 5.69 Å². The molecule has 0 bridgehead atoms. The Hall–Kier alpha value is -0.960. The van der Waals surface area contributed by atoms with Crippen LogP contribution in [-0.4, -0.2) is 9.97 Å². The zero-order valence-corrected chi connectivity index (χ0v) is 9.77. The highest BCUT2D eigenvalue weighted by molar-refractivity contribution is 7.18. The molecule has 0 unspecified atom stereocenters. The van der Waals surface area contributed by atoms with Gasteiger partial charge in [-0.05, 0) is 13.0 Å². The van der Waals surface area contributed by atoms with E-state index in [0.29, 0.717) is 0 Å². The molecule has 74 valence electrons. The summed E-state index contributed by atoms with van der Waals surface area (Å²) < 4.78 is 0. The van der Waals surface area contributed by atoms with E-state index in [1.54, 1.807) is 17.7 Å². The Balaban J connectivity index is 2.77. The number of aromatic nitrogens is 2. The summed E-state index contributed by atoms with van der Waals surface area (Å²) in [4.78, 5) is 11.1. The van der Waals surface area contributed by atoms with Crippen LogP contribution in [0.5, 0.6) is 0 Å². The average molecular weight is 206 g/mol. The number of aryl methyl sites for hydroxylation is 1. The highest BCUT2D eigenvalue weighted by Crippen LogP contribution is 2.31. The minimum Gasteiger partial charge on any atom is -0.240 e. The normalized spacial score (nSPS) is 12.3. The second kappa shape index (κ2) is 3.02. The summed E-state index contributed by atoms with van der Waals surface area (Å²) in [5.74, 6) is 0. The van der Waals surface area contributed by atoms with Crippen molar-refractivity contribution in [2.75, 3.05) is 0 Å². The Kier molecular flexibility index (Phi) is 2.07. The maximum Gasteiger partial charge on any atom is 0.127 e. The van der Waals surface area contributed by atoms with Gasteiger partial charge in [-0.1, -0.05) is 20.8 Å². The van der Waals surface area contributed by atoms with Gasteiger partial charge >= 0.3 is 0 Å². The molecule has 3 heteroatoms. The van der Waals surface area contributed by atoms with Crippen LogP contribution in [0.4, 0.5) is 0 Å². The standard InChI is InChI=1S/C11H14N2S/c1-7-5-8-9(11(2,3)4)12-6-13-10(8)14-7/h5-6H,1-4H3. The number of hydrogen-bond donors (Lipinski definition) is 0. The van der Waals surface area contributed by atoms with Crippen LogP contribution in [0.15, 0.2) is 12.4 Å². The zero-order valence-electron chi connectivity index (χ0n) is 8.96. The van der Waals surface area contributed by atoms with Crippen LogP contribution < -0.4 is 0 Å². The molecule has 2 nitrogen and oxygen atoms in total. The predicted octanol–water partition coefficient (Wildman–Crippen LogP) is 3.30. The van der Waals surface area contributed by atoms with E-state index in [1.165, 1.54) is 10.3 Å². The molecular formula is C11H14N2S. The number of thiophene rings is 1. The van der Waals surface area contributed by atoms with Crippen molar-refractivity contribution in [1.29, 1.82) is 0 Å². The minimum atomic E-state index is 0.0920. The second-order valence-electron chi connectivity index (χ2n) is 4.55. The number of nitrogens with zero attached hydrogens (tertiary/aromatic N) is 2. The van der Waals surface area contributed by atoms with Gasteiger partial charge in [-0.3, -0.25) is 0 Å². The SMILES string of the molecule is Cc1cc2c(C(C)(C)C)ncnc2s1. The molecule has 2 aromatic rings. The van der Waals surface area contributed by atoms with E-state index in [1.807, 2.05) is 0 Å². The van der Waals surface area contributed by atoms with Gasteiger partial charge < -0.3 is 0 Å². The third-order valence-electron chi connectivity index (χ3n) is 2.16. The number of fused-ring (bicyclic) bond motifs is 1. The van der Waals surface area contributed by atoms with E-state index in [-0.39, 0.29) is 5.41 Å². The van der Waals surface area contributed by atoms with Crippen molar-refractivity contribution < 1.29 is 0 Å². The van der Waals surface area contributed by atoms with Crippen LogP contribution in [0.25, 0.3) is 10.2 Å². The van der Waals surface area contributed by atoms with Gasteiger partial charge in [-0.25, -0.2) is 9.97 Å². The van der Waals surface area contributed by atoms with Crippen LogP contribution in [-0.2, 0) is 5.41 Å². The summed E-state index contributed by atoms with van der Waals surface area (Å²) >= 11 is 1.73. The van der Waals surface area contributed by atoms with Crippen LogP contribution >= 0.6 is 11.3 Å². The molecule has 0 saturated heterocycles. The summed E-state index contributed by atoms with van der Waals surface area (Å²) in [6.45, 7) is 8.66. The van der Waals surface area contributed by atoms with Crippen LogP contribution in [0.3, 0.4) is 0 Å². The van der Waals surface area contributed by atoms with Gasteiger partial charge in [0, 0.05) is 15.7 Å². The van der Waals surface area contributed by atoms with Gasteiger partial charge in [0.25, 0.3) is 0 Å². The first kappa shape index (κ1) is 9.59. The van der Waals surface area contributed by atoms with E-state index in [2.05, 4.69) is 43.7 Å². The Morgan fingerprint density at radius 2 is 1.93 bits per heavy atom. The first-order chi connectivity index (χ1) is 6.48.